The summed E-state index contributed by atoms with van der Waals surface area (Å²) in [6, 6.07) is 10.0. The Hall–Kier alpha value is -2.30. The van der Waals surface area contributed by atoms with E-state index in [1.54, 1.807) is 0 Å². The summed E-state index contributed by atoms with van der Waals surface area (Å²) >= 11 is 0. The zero-order chi connectivity index (χ0) is 18.4. The second-order valence-corrected chi connectivity index (χ2v) is 6.92. The standard InChI is InChI=1S/C20H28N2O3/c1-13(2)11-25-20(23)22-19-15(4)14(3)18(16(5)21-19)24-12-17-9-7-6-8-10-17/h6-10,13-15H,11-12H2,1-5H3,(H,21,22,23). The predicted octanol–water partition coefficient (Wildman–Crippen LogP) is 4.50. The Balaban J connectivity index is 2.04. The summed E-state index contributed by atoms with van der Waals surface area (Å²) in [5.74, 6) is 1.97. The molecular formula is C20H28N2O3. The van der Waals surface area contributed by atoms with Crippen LogP contribution in [0.2, 0.25) is 0 Å². The Morgan fingerprint density at radius 2 is 1.88 bits per heavy atom. The molecule has 0 aliphatic carbocycles. The van der Waals surface area contributed by atoms with Crippen LogP contribution >= 0.6 is 0 Å². The first kappa shape index (κ1) is 19.0. The van der Waals surface area contributed by atoms with Crippen LogP contribution in [0.5, 0.6) is 0 Å². The number of nitrogens with zero attached hydrogens (tertiary/aromatic N) is 1. The third-order valence-electron chi connectivity index (χ3n) is 4.25. The maximum absolute atomic E-state index is 11.9. The van der Waals surface area contributed by atoms with Crippen LogP contribution in [0.3, 0.4) is 0 Å². The molecule has 0 spiro atoms. The second-order valence-electron chi connectivity index (χ2n) is 6.92. The Morgan fingerprint density at radius 1 is 1.20 bits per heavy atom. The van der Waals surface area contributed by atoms with Crippen molar-refractivity contribution in [2.75, 3.05) is 6.61 Å². The highest BCUT2D eigenvalue weighted by Crippen LogP contribution is 2.30. The zero-order valence-electron chi connectivity index (χ0n) is 15.7. The molecule has 1 N–H and O–H groups in total. The van der Waals surface area contributed by atoms with Crippen molar-refractivity contribution in [1.29, 1.82) is 0 Å². The fraction of sp³-hybridized carbons (Fsp3) is 0.500. The van der Waals surface area contributed by atoms with Gasteiger partial charge >= 0.3 is 6.09 Å². The minimum Gasteiger partial charge on any atom is -0.491 e. The van der Waals surface area contributed by atoms with Gasteiger partial charge in [-0.1, -0.05) is 58.0 Å². The molecule has 0 saturated heterocycles. The van der Waals surface area contributed by atoms with Crippen molar-refractivity contribution in [3.05, 3.63) is 47.4 Å². The average molecular weight is 344 g/mol. The Morgan fingerprint density at radius 3 is 2.52 bits per heavy atom. The van der Waals surface area contributed by atoms with E-state index in [4.69, 9.17) is 9.47 Å². The van der Waals surface area contributed by atoms with Gasteiger partial charge in [-0.05, 0) is 18.4 Å². The summed E-state index contributed by atoms with van der Waals surface area (Å²) in [7, 11) is 0. The molecule has 1 aromatic carbocycles. The molecule has 25 heavy (non-hydrogen) atoms. The van der Waals surface area contributed by atoms with Gasteiger partial charge in [0.2, 0.25) is 0 Å². The highest BCUT2D eigenvalue weighted by molar-refractivity contribution is 5.97. The molecular weight excluding hydrogens is 316 g/mol. The number of aliphatic imine (C=N–C) groups is 1. The van der Waals surface area contributed by atoms with Gasteiger partial charge in [0.15, 0.2) is 0 Å². The van der Waals surface area contributed by atoms with Crippen LogP contribution in [0, 0.1) is 17.8 Å². The molecule has 5 heteroatoms. The van der Waals surface area contributed by atoms with Gasteiger partial charge in [-0.25, -0.2) is 9.79 Å². The first-order valence-electron chi connectivity index (χ1n) is 8.78. The van der Waals surface area contributed by atoms with E-state index in [0.29, 0.717) is 25.0 Å². The minimum absolute atomic E-state index is 0.0427. The maximum atomic E-state index is 11.9. The number of alkyl carbamates (subject to hydrolysis) is 1. The van der Waals surface area contributed by atoms with Gasteiger partial charge in [-0.15, -0.1) is 0 Å². The molecule has 5 nitrogen and oxygen atoms in total. The van der Waals surface area contributed by atoms with Crippen LogP contribution in [0.25, 0.3) is 0 Å². The molecule has 1 aliphatic rings. The Kier molecular flexibility index (Phi) is 6.62. The molecule has 2 rings (SSSR count). The first-order chi connectivity index (χ1) is 11.9. The lowest BCUT2D eigenvalue weighted by Gasteiger charge is -2.29. The van der Waals surface area contributed by atoms with Gasteiger partial charge in [-0.2, -0.15) is 0 Å². The first-order valence-corrected chi connectivity index (χ1v) is 8.78. The summed E-state index contributed by atoms with van der Waals surface area (Å²) in [6.45, 7) is 10.9. The quantitative estimate of drug-likeness (QED) is 0.855. The molecule has 2 atom stereocenters. The molecule has 0 fully saturated rings. The lowest BCUT2D eigenvalue weighted by Crippen LogP contribution is -2.40. The van der Waals surface area contributed by atoms with Gasteiger partial charge in [0.25, 0.3) is 0 Å². The molecule has 2 unspecified atom stereocenters. The van der Waals surface area contributed by atoms with Gasteiger partial charge in [0.1, 0.15) is 18.2 Å². The monoisotopic (exact) mass is 344 g/mol. The number of rotatable bonds is 5. The summed E-state index contributed by atoms with van der Waals surface area (Å²) < 4.78 is 11.2. The molecule has 136 valence electrons. The number of hydrogen-bond acceptors (Lipinski definition) is 4. The molecule has 0 bridgehead atoms. The molecule has 0 saturated carbocycles. The van der Waals surface area contributed by atoms with Crippen molar-refractivity contribution >= 4 is 11.9 Å². The van der Waals surface area contributed by atoms with Crippen LogP contribution in [0.4, 0.5) is 4.79 Å². The van der Waals surface area contributed by atoms with Crippen molar-refractivity contribution in [1.82, 2.24) is 5.32 Å². The van der Waals surface area contributed by atoms with Crippen LogP contribution in [0.1, 0.15) is 40.2 Å². The summed E-state index contributed by atoms with van der Waals surface area (Å²) in [4.78, 5) is 16.4. The Bertz CT molecular complexity index is 650. The molecule has 1 heterocycles. The number of carbonyl (C=O) groups is 1. The van der Waals surface area contributed by atoms with Crippen molar-refractivity contribution in [2.45, 2.75) is 41.2 Å². The highest BCUT2D eigenvalue weighted by Gasteiger charge is 2.30. The molecule has 1 amide bonds. The van der Waals surface area contributed by atoms with E-state index in [1.165, 1.54) is 0 Å². The van der Waals surface area contributed by atoms with E-state index >= 15 is 0 Å². The smallest absolute Gasteiger partial charge is 0.412 e. The number of amides is 1. The molecule has 1 aliphatic heterocycles. The average Bonchev–Trinajstić information content (AvgIpc) is 2.58. The fourth-order valence-electron chi connectivity index (χ4n) is 2.63. The van der Waals surface area contributed by atoms with E-state index < -0.39 is 6.09 Å². The number of hydrogen-bond donors (Lipinski definition) is 1. The van der Waals surface area contributed by atoms with Crippen LogP contribution in [-0.4, -0.2) is 18.5 Å². The number of nitrogens with one attached hydrogen (secondary N) is 1. The van der Waals surface area contributed by atoms with Gasteiger partial charge in [-0.3, -0.25) is 5.32 Å². The van der Waals surface area contributed by atoms with Crippen molar-refractivity contribution in [3.8, 4) is 0 Å². The number of carbonyl (C=O) groups excluding carboxylic acids is 1. The van der Waals surface area contributed by atoms with E-state index in [9.17, 15) is 4.79 Å². The van der Waals surface area contributed by atoms with Crippen molar-refractivity contribution < 1.29 is 14.3 Å². The summed E-state index contributed by atoms with van der Waals surface area (Å²) in [5.41, 5.74) is 1.91. The lowest BCUT2D eigenvalue weighted by molar-refractivity contribution is 0.136. The van der Waals surface area contributed by atoms with Gasteiger partial charge in [0, 0.05) is 11.8 Å². The predicted molar refractivity (Wildman–Crippen MR) is 99.0 cm³/mol. The molecule has 0 radical (unpaired) electrons. The normalized spacial score (nSPS) is 20.3. The summed E-state index contributed by atoms with van der Waals surface area (Å²) in [5, 5.41) is 2.78. The number of amidine groups is 1. The minimum atomic E-state index is -0.451. The van der Waals surface area contributed by atoms with E-state index in [2.05, 4.69) is 17.2 Å². The number of benzene rings is 1. The van der Waals surface area contributed by atoms with Gasteiger partial charge < -0.3 is 9.47 Å². The SMILES string of the molecule is CC1=C(OCc2ccccc2)C(C)C(C)C(NC(=O)OCC(C)C)=N1. The molecule has 1 aromatic rings. The number of ether oxygens (including phenoxy) is 2. The second kappa shape index (κ2) is 8.70. The van der Waals surface area contributed by atoms with E-state index in [0.717, 1.165) is 17.0 Å². The topological polar surface area (TPSA) is 59.9 Å². The third kappa shape index (κ3) is 5.34. The van der Waals surface area contributed by atoms with E-state index in [-0.39, 0.29) is 11.8 Å². The molecule has 0 aromatic heterocycles. The van der Waals surface area contributed by atoms with Crippen LogP contribution in [-0.2, 0) is 16.1 Å². The summed E-state index contributed by atoms with van der Waals surface area (Å²) in [6.07, 6.45) is -0.451. The maximum Gasteiger partial charge on any atom is 0.412 e. The van der Waals surface area contributed by atoms with E-state index in [1.807, 2.05) is 58.0 Å². The van der Waals surface area contributed by atoms with Crippen molar-refractivity contribution in [2.24, 2.45) is 22.7 Å². The number of allylic oxidation sites excluding steroid dienone is 2. The Labute approximate surface area is 150 Å². The largest absolute Gasteiger partial charge is 0.491 e. The van der Waals surface area contributed by atoms with Crippen LogP contribution < -0.4 is 5.32 Å². The highest BCUT2D eigenvalue weighted by atomic mass is 16.5. The lowest BCUT2D eigenvalue weighted by atomic mass is 9.89. The zero-order valence-corrected chi connectivity index (χ0v) is 15.7. The van der Waals surface area contributed by atoms with Gasteiger partial charge in [0.05, 0.1) is 12.3 Å². The fourth-order valence-corrected chi connectivity index (χ4v) is 2.63. The van der Waals surface area contributed by atoms with Crippen molar-refractivity contribution in [3.63, 3.8) is 0 Å². The van der Waals surface area contributed by atoms with Crippen LogP contribution in [0.15, 0.2) is 46.8 Å². The third-order valence-corrected chi connectivity index (χ3v) is 4.25.